The molecule has 0 heterocycles. The summed E-state index contributed by atoms with van der Waals surface area (Å²) in [6.07, 6.45) is 0. The maximum atomic E-state index is 11.2. The first-order valence-electron chi connectivity index (χ1n) is 3.86. The van der Waals surface area contributed by atoms with E-state index in [1.165, 1.54) is 0 Å². The van der Waals surface area contributed by atoms with Crippen molar-refractivity contribution in [1.29, 1.82) is 0 Å². The molecule has 0 aromatic heterocycles. The minimum absolute atomic E-state index is 0.925. The van der Waals surface area contributed by atoms with Gasteiger partial charge in [0.1, 0.15) is 0 Å². The van der Waals surface area contributed by atoms with Crippen LogP contribution in [0.2, 0.25) is 13.1 Å². The van der Waals surface area contributed by atoms with Crippen molar-refractivity contribution >= 4 is 8.32 Å². The molecule has 0 unspecified atom stereocenters. The first kappa shape index (κ1) is 9.05. The molecule has 1 aromatic rings. The first-order chi connectivity index (χ1) is 5.58. The number of hydrogen-bond acceptors (Lipinski definition) is 0. The van der Waals surface area contributed by atoms with Crippen LogP contribution in [0.1, 0.15) is 5.56 Å². The van der Waals surface area contributed by atoms with E-state index in [0.717, 1.165) is 5.56 Å². The van der Waals surface area contributed by atoms with E-state index in [2.05, 4.69) is 11.5 Å². The SMILES string of the molecule is C[Si](C)([O])C#Cc1ccccc1. The summed E-state index contributed by atoms with van der Waals surface area (Å²) in [5, 5.41) is 0. The largest absolute Gasteiger partial charge is 0.307 e. The van der Waals surface area contributed by atoms with Gasteiger partial charge in [0.25, 0.3) is 0 Å². The molecule has 0 N–H and O–H groups in total. The molecule has 0 saturated carbocycles. The van der Waals surface area contributed by atoms with E-state index in [-0.39, 0.29) is 0 Å². The molecule has 1 nitrogen and oxygen atoms in total. The second kappa shape index (κ2) is 3.57. The molecular formula is C10H11OSi. The molecule has 2 heteroatoms. The number of hydrogen-bond donors (Lipinski definition) is 0. The molecule has 0 aliphatic carbocycles. The quantitative estimate of drug-likeness (QED) is 0.425. The van der Waals surface area contributed by atoms with Crippen LogP contribution in [-0.2, 0) is 4.80 Å². The monoisotopic (exact) mass is 175 g/mol. The van der Waals surface area contributed by atoms with Crippen molar-refractivity contribution < 1.29 is 4.80 Å². The highest BCUT2D eigenvalue weighted by Gasteiger charge is 2.14. The van der Waals surface area contributed by atoms with Crippen molar-refractivity contribution in [3.05, 3.63) is 35.9 Å². The van der Waals surface area contributed by atoms with E-state index in [9.17, 15) is 4.80 Å². The fraction of sp³-hybridized carbons (Fsp3) is 0.200. The summed E-state index contributed by atoms with van der Waals surface area (Å²) in [6.45, 7) is 3.39. The molecule has 0 fully saturated rings. The van der Waals surface area contributed by atoms with Gasteiger partial charge in [-0.15, -0.1) is 0 Å². The van der Waals surface area contributed by atoms with Crippen LogP contribution in [0.25, 0.3) is 0 Å². The third-order valence-electron chi connectivity index (χ3n) is 1.28. The van der Waals surface area contributed by atoms with Crippen LogP contribution in [0.5, 0.6) is 0 Å². The molecule has 0 bridgehead atoms. The Balaban J connectivity index is 2.81. The zero-order chi connectivity index (χ0) is 9.03. The zero-order valence-corrected chi connectivity index (χ0v) is 8.29. The lowest BCUT2D eigenvalue weighted by atomic mass is 10.2. The normalized spacial score (nSPS) is 10.2. The van der Waals surface area contributed by atoms with E-state index in [4.69, 9.17) is 0 Å². The summed E-state index contributed by atoms with van der Waals surface area (Å²) < 4.78 is 0. The summed E-state index contributed by atoms with van der Waals surface area (Å²) in [5.41, 5.74) is 3.70. The molecule has 1 aromatic carbocycles. The Hall–Kier alpha value is -1.04. The predicted octanol–water partition coefficient (Wildman–Crippen LogP) is 2.21. The van der Waals surface area contributed by atoms with Crippen LogP contribution in [-0.4, -0.2) is 8.32 Å². The van der Waals surface area contributed by atoms with Crippen LogP contribution in [0.3, 0.4) is 0 Å². The molecule has 0 aliphatic heterocycles. The fourth-order valence-corrected chi connectivity index (χ4v) is 1.19. The highest BCUT2D eigenvalue weighted by atomic mass is 28.4. The van der Waals surface area contributed by atoms with Gasteiger partial charge >= 0.3 is 8.32 Å². The zero-order valence-electron chi connectivity index (χ0n) is 7.29. The van der Waals surface area contributed by atoms with Gasteiger partial charge in [0.15, 0.2) is 0 Å². The van der Waals surface area contributed by atoms with Crippen LogP contribution < -0.4 is 0 Å². The van der Waals surface area contributed by atoms with Gasteiger partial charge in [0, 0.05) is 5.56 Å². The van der Waals surface area contributed by atoms with Crippen LogP contribution in [0.15, 0.2) is 30.3 Å². The second-order valence-corrected chi connectivity index (χ2v) is 6.40. The van der Waals surface area contributed by atoms with Crippen LogP contribution in [0.4, 0.5) is 0 Å². The van der Waals surface area contributed by atoms with E-state index < -0.39 is 8.32 Å². The van der Waals surface area contributed by atoms with Gasteiger partial charge < -0.3 is 0 Å². The molecule has 1 rings (SSSR count). The molecule has 0 amide bonds. The third-order valence-corrected chi connectivity index (χ3v) is 2.01. The lowest BCUT2D eigenvalue weighted by Crippen LogP contribution is -2.19. The number of rotatable bonds is 0. The van der Waals surface area contributed by atoms with E-state index in [1.54, 1.807) is 13.1 Å². The lowest BCUT2D eigenvalue weighted by Gasteiger charge is -1.97. The van der Waals surface area contributed by atoms with Crippen LogP contribution >= 0.6 is 0 Å². The van der Waals surface area contributed by atoms with Gasteiger partial charge in [-0.25, -0.2) is 0 Å². The van der Waals surface area contributed by atoms with Crippen molar-refractivity contribution in [3.63, 3.8) is 0 Å². The molecule has 61 valence electrons. The van der Waals surface area contributed by atoms with Crippen molar-refractivity contribution in [2.45, 2.75) is 13.1 Å². The molecule has 0 atom stereocenters. The van der Waals surface area contributed by atoms with E-state index in [0.29, 0.717) is 0 Å². The van der Waals surface area contributed by atoms with Crippen molar-refractivity contribution in [3.8, 4) is 11.5 Å². The molecule has 0 spiro atoms. The van der Waals surface area contributed by atoms with Gasteiger partial charge in [-0.3, -0.25) is 4.80 Å². The summed E-state index contributed by atoms with van der Waals surface area (Å²) in [6, 6.07) is 9.60. The molecule has 12 heavy (non-hydrogen) atoms. The Morgan fingerprint density at radius 1 is 1.17 bits per heavy atom. The van der Waals surface area contributed by atoms with E-state index in [1.807, 2.05) is 30.3 Å². The Morgan fingerprint density at radius 3 is 2.25 bits per heavy atom. The van der Waals surface area contributed by atoms with Gasteiger partial charge in [-0.05, 0) is 25.2 Å². The van der Waals surface area contributed by atoms with Crippen LogP contribution in [0, 0.1) is 11.5 Å². The minimum Gasteiger partial charge on any atom is -0.281 e. The second-order valence-electron chi connectivity index (χ2n) is 3.13. The van der Waals surface area contributed by atoms with Crippen molar-refractivity contribution in [2.75, 3.05) is 0 Å². The molecule has 0 aliphatic rings. The predicted molar refractivity (Wildman–Crippen MR) is 51.5 cm³/mol. The number of benzene rings is 1. The average Bonchev–Trinajstić information content (AvgIpc) is 2.02. The molecular weight excluding hydrogens is 164 g/mol. The van der Waals surface area contributed by atoms with Gasteiger partial charge in [-0.1, -0.05) is 29.7 Å². The summed E-state index contributed by atoms with van der Waals surface area (Å²) >= 11 is 0. The maximum absolute atomic E-state index is 11.2. The van der Waals surface area contributed by atoms with Gasteiger partial charge in [0.05, 0.1) is 0 Å². The summed E-state index contributed by atoms with van der Waals surface area (Å²) in [7, 11) is -2.45. The topological polar surface area (TPSA) is 19.9 Å². The molecule has 0 saturated heterocycles. The summed E-state index contributed by atoms with van der Waals surface area (Å²) in [5.74, 6) is 2.88. The minimum atomic E-state index is -2.45. The molecule has 1 radical (unpaired) electrons. The van der Waals surface area contributed by atoms with E-state index >= 15 is 0 Å². The fourth-order valence-electron chi connectivity index (χ4n) is 0.744. The Morgan fingerprint density at radius 2 is 1.75 bits per heavy atom. The Bertz CT molecular complexity index is 300. The van der Waals surface area contributed by atoms with Crippen molar-refractivity contribution in [1.82, 2.24) is 0 Å². The maximum Gasteiger partial charge on any atom is 0.307 e. The Kier molecular flexibility index (Phi) is 2.69. The van der Waals surface area contributed by atoms with Gasteiger partial charge in [-0.2, -0.15) is 0 Å². The lowest BCUT2D eigenvalue weighted by molar-refractivity contribution is 0.444. The average molecular weight is 175 g/mol. The summed E-state index contributed by atoms with van der Waals surface area (Å²) in [4.78, 5) is 11.2. The smallest absolute Gasteiger partial charge is 0.281 e. The first-order valence-corrected chi connectivity index (χ1v) is 6.77. The highest BCUT2D eigenvalue weighted by Crippen LogP contribution is 1.98. The highest BCUT2D eigenvalue weighted by molar-refractivity contribution is 6.77. The van der Waals surface area contributed by atoms with Crippen molar-refractivity contribution in [2.24, 2.45) is 0 Å². The standard InChI is InChI=1S/C10H11OSi/c1-12(2,11)9-8-10-6-4-3-5-7-10/h3-7H,1-2H3. The Labute approximate surface area is 74.2 Å². The third kappa shape index (κ3) is 3.38. The van der Waals surface area contributed by atoms with Gasteiger partial charge in [0.2, 0.25) is 0 Å².